The zero-order valence-corrected chi connectivity index (χ0v) is 13.3. The van der Waals surface area contributed by atoms with E-state index >= 15 is 0 Å². The van der Waals surface area contributed by atoms with E-state index in [-0.39, 0.29) is 11.1 Å². The summed E-state index contributed by atoms with van der Waals surface area (Å²) in [5.41, 5.74) is -2.39. The highest BCUT2D eigenvalue weighted by molar-refractivity contribution is 5.86. The van der Waals surface area contributed by atoms with Crippen LogP contribution in [0, 0.1) is 10.1 Å². The smallest absolute Gasteiger partial charge is 0.350 e. The van der Waals surface area contributed by atoms with Crippen LogP contribution in [0.3, 0.4) is 0 Å². The number of aryl methyl sites for hydroxylation is 1. The van der Waals surface area contributed by atoms with Crippen LogP contribution in [-0.2, 0) is 12.5 Å². The van der Waals surface area contributed by atoms with Crippen molar-refractivity contribution in [3.63, 3.8) is 0 Å². The Labute approximate surface area is 141 Å². The topological polar surface area (TPSA) is 48.1 Å². The second-order valence-electron chi connectivity index (χ2n) is 5.93. The summed E-state index contributed by atoms with van der Waals surface area (Å²) in [6, 6.07) is 13.7. The number of nitrogens with zero attached hydrogens (tertiary/aromatic N) is 2. The predicted octanol–water partition coefficient (Wildman–Crippen LogP) is 4.30. The molecule has 0 aliphatic rings. The van der Waals surface area contributed by atoms with Crippen LogP contribution in [0.15, 0.2) is 60.8 Å². The van der Waals surface area contributed by atoms with Crippen LogP contribution in [0.2, 0.25) is 0 Å². The summed E-state index contributed by atoms with van der Waals surface area (Å²) in [6.07, 6.45) is -3.50. The molecule has 1 aromatic heterocycles. The first-order chi connectivity index (χ1) is 11.8. The van der Waals surface area contributed by atoms with Gasteiger partial charge >= 0.3 is 6.18 Å². The molecule has 0 radical (unpaired) electrons. The summed E-state index contributed by atoms with van der Waals surface area (Å²) < 4.78 is 44.6. The van der Waals surface area contributed by atoms with Crippen molar-refractivity contribution >= 4 is 10.9 Å². The van der Waals surface area contributed by atoms with E-state index in [9.17, 15) is 23.3 Å². The van der Waals surface area contributed by atoms with Gasteiger partial charge in [0.1, 0.15) is 0 Å². The molecule has 4 nitrogen and oxygen atoms in total. The lowest BCUT2D eigenvalue weighted by atomic mass is 9.73. The number of aromatic nitrogens is 1. The molecule has 0 fully saturated rings. The van der Waals surface area contributed by atoms with Crippen LogP contribution in [0.5, 0.6) is 0 Å². The molecule has 3 rings (SSSR count). The Hall–Kier alpha value is -2.83. The number of alkyl halides is 3. The molecule has 2 aromatic carbocycles. The molecule has 1 atom stereocenters. The van der Waals surface area contributed by atoms with Gasteiger partial charge < -0.3 is 4.57 Å². The van der Waals surface area contributed by atoms with Gasteiger partial charge in [0.05, 0.1) is 0 Å². The maximum absolute atomic E-state index is 14.3. The number of halogens is 3. The van der Waals surface area contributed by atoms with Crippen LogP contribution in [0.25, 0.3) is 10.9 Å². The normalized spacial score (nSPS) is 14.4. The first-order valence-electron chi connectivity index (χ1n) is 7.56. The molecule has 1 heterocycles. The average molecular weight is 348 g/mol. The minimum atomic E-state index is -4.84. The van der Waals surface area contributed by atoms with Gasteiger partial charge in [0.2, 0.25) is 6.54 Å². The lowest BCUT2D eigenvalue weighted by Crippen LogP contribution is -2.48. The van der Waals surface area contributed by atoms with Gasteiger partial charge in [-0.3, -0.25) is 10.1 Å². The Morgan fingerprint density at radius 3 is 2.24 bits per heavy atom. The summed E-state index contributed by atoms with van der Waals surface area (Å²) >= 11 is 0. The van der Waals surface area contributed by atoms with Crippen molar-refractivity contribution in [1.29, 1.82) is 0 Å². The van der Waals surface area contributed by atoms with Gasteiger partial charge in [-0.05, 0) is 11.6 Å². The maximum atomic E-state index is 14.3. The van der Waals surface area contributed by atoms with Gasteiger partial charge in [-0.25, -0.2) is 0 Å². The zero-order chi connectivity index (χ0) is 18.2. The number of hydrogen-bond donors (Lipinski definition) is 0. The molecular formula is C18H15F3N2O2. The highest BCUT2D eigenvalue weighted by Gasteiger charge is 2.61. The van der Waals surface area contributed by atoms with Gasteiger partial charge in [-0.15, -0.1) is 0 Å². The van der Waals surface area contributed by atoms with E-state index in [2.05, 4.69) is 0 Å². The lowest BCUT2D eigenvalue weighted by Gasteiger charge is -2.32. The van der Waals surface area contributed by atoms with E-state index in [0.29, 0.717) is 10.9 Å². The van der Waals surface area contributed by atoms with Gasteiger partial charge in [0.25, 0.3) is 0 Å². The lowest BCUT2D eigenvalue weighted by molar-refractivity contribution is -0.498. The zero-order valence-electron chi connectivity index (χ0n) is 13.3. The van der Waals surface area contributed by atoms with Crippen LogP contribution >= 0.6 is 0 Å². The molecule has 0 saturated carbocycles. The van der Waals surface area contributed by atoms with Crippen molar-refractivity contribution in [2.24, 2.45) is 7.05 Å². The van der Waals surface area contributed by atoms with Crippen LogP contribution in [-0.4, -0.2) is 22.2 Å². The molecule has 3 aromatic rings. The number of para-hydroxylation sites is 1. The van der Waals surface area contributed by atoms with E-state index in [1.165, 1.54) is 30.5 Å². The highest BCUT2D eigenvalue weighted by atomic mass is 19.4. The Bertz CT molecular complexity index is 919. The third kappa shape index (κ3) is 2.65. The van der Waals surface area contributed by atoms with E-state index in [4.69, 9.17) is 0 Å². The van der Waals surface area contributed by atoms with Gasteiger partial charge in [0, 0.05) is 34.6 Å². The van der Waals surface area contributed by atoms with E-state index in [1.807, 2.05) is 0 Å². The average Bonchev–Trinajstić information content (AvgIpc) is 2.90. The fraction of sp³-hybridized carbons (Fsp3) is 0.222. The molecular weight excluding hydrogens is 333 g/mol. The van der Waals surface area contributed by atoms with E-state index < -0.39 is 23.1 Å². The SMILES string of the molecule is Cn1cc([C@@](C[N+](=O)[O-])(c2ccccc2)C(F)(F)F)c2ccccc21. The van der Waals surface area contributed by atoms with Crippen LogP contribution in [0.4, 0.5) is 13.2 Å². The summed E-state index contributed by atoms with van der Waals surface area (Å²) in [6.45, 7) is -1.27. The molecule has 0 saturated heterocycles. The van der Waals surface area contributed by atoms with Gasteiger partial charge in [-0.2, -0.15) is 13.2 Å². The molecule has 0 aliphatic heterocycles. The van der Waals surface area contributed by atoms with E-state index in [0.717, 1.165) is 0 Å². The summed E-state index contributed by atoms with van der Waals surface area (Å²) in [4.78, 5) is 10.3. The molecule has 130 valence electrons. The molecule has 0 unspecified atom stereocenters. The summed E-state index contributed by atoms with van der Waals surface area (Å²) in [7, 11) is 1.63. The molecule has 7 heteroatoms. The number of benzene rings is 2. The molecule has 0 amide bonds. The van der Waals surface area contributed by atoms with Crippen molar-refractivity contribution in [3.05, 3.63) is 82.0 Å². The summed E-state index contributed by atoms with van der Waals surface area (Å²) in [5.74, 6) is 0. The Balaban J connectivity index is 2.43. The molecule has 0 spiro atoms. The largest absolute Gasteiger partial charge is 0.408 e. The first-order valence-corrected chi connectivity index (χ1v) is 7.56. The van der Waals surface area contributed by atoms with Crippen molar-refractivity contribution in [3.8, 4) is 0 Å². The summed E-state index contributed by atoms with van der Waals surface area (Å²) in [5, 5.41) is 11.6. The Morgan fingerprint density at radius 1 is 1.04 bits per heavy atom. The Kier molecular flexibility index (Phi) is 4.02. The minimum absolute atomic E-state index is 0.110. The van der Waals surface area contributed by atoms with E-state index in [1.54, 1.807) is 41.9 Å². The monoisotopic (exact) mass is 348 g/mol. The number of rotatable bonds is 4. The molecule has 0 aliphatic carbocycles. The van der Waals surface area contributed by atoms with Crippen LogP contribution < -0.4 is 0 Å². The third-order valence-corrected chi connectivity index (χ3v) is 4.47. The molecule has 0 N–H and O–H groups in total. The second kappa shape index (κ2) is 5.91. The van der Waals surface area contributed by atoms with Gasteiger partial charge in [0.15, 0.2) is 5.41 Å². The molecule has 0 bridgehead atoms. The van der Waals surface area contributed by atoms with Crippen LogP contribution in [0.1, 0.15) is 11.1 Å². The number of nitro groups is 1. The van der Waals surface area contributed by atoms with Crippen molar-refractivity contribution in [2.45, 2.75) is 11.6 Å². The van der Waals surface area contributed by atoms with Crippen molar-refractivity contribution in [2.75, 3.05) is 6.54 Å². The molecule has 25 heavy (non-hydrogen) atoms. The third-order valence-electron chi connectivity index (χ3n) is 4.47. The van der Waals surface area contributed by atoms with Gasteiger partial charge in [-0.1, -0.05) is 48.5 Å². The minimum Gasteiger partial charge on any atom is -0.350 e. The maximum Gasteiger partial charge on any atom is 0.408 e. The quantitative estimate of drug-likeness (QED) is 0.521. The highest BCUT2D eigenvalue weighted by Crippen LogP contribution is 2.49. The van der Waals surface area contributed by atoms with Crippen molar-refractivity contribution < 1.29 is 18.1 Å². The second-order valence-corrected chi connectivity index (χ2v) is 5.93. The number of hydrogen-bond acceptors (Lipinski definition) is 2. The Morgan fingerprint density at radius 2 is 1.64 bits per heavy atom. The first kappa shape index (κ1) is 17.0. The standard InChI is InChI=1S/C18H15F3N2O2/c1-22-11-15(14-9-5-6-10-16(14)22)17(12-23(24)25,18(19,20)21)13-7-3-2-4-8-13/h2-11H,12H2,1H3/t17-/m1/s1. The number of fused-ring (bicyclic) bond motifs is 1. The fourth-order valence-electron chi connectivity index (χ4n) is 3.34. The predicted molar refractivity (Wildman–Crippen MR) is 88.1 cm³/mol. The van der Waals surface area contributed by atoms with Crippen molar-refractivity contribution in [1.82, 2.24) is 4.57 Å². The fourth-order valence-corrected chi connectivity index (χ4v) is 3.34.